The number of sulfonamides is 1. The average Bonchev–Trinajstić information content (AvgIpc) is 3.23. The van der Waals surface area contributed by atoms with Gasteiger partial charge in [0.2, 0.25) is 10.0 Å². The summed E-state index contributed by atoms with van der Waals surface area (Å²) in [6.07, 6.45) is 7.75. The minimum Gasteiger partial charge on any atom is -0.382 e. The topological polar surface area (TPSA) is 116 Å². The van der Waals surface area contributed by atoms with E-state index in [0.29, 0.717) is 5.82 Å². The maximum Gasteiger partial charge on any atom is 0.249 e. The number of hydrogen-bond donors (Lipinski definition) is 1. The molecule has 36 heavy (non-hydrogen) atoms. The van der Waals surface area contributed by atoms with Gasteiger partial charge in [0.15, 0.2) is 0 Å². The van der Waals surface area contributed by atoms with Crippen molar-refractivity contribution in [3.05, 3.63) is 78.9 Å². The normalized spacial score (nSPS) is 18.1. The van der Waals surface area contributed by atoms with Crippen LogP contribution in [0.25, 0.3) is 38.9 Å². The molecule has 2 aromatic carbocycles. The lowest BCUT2D eigenvalue weighted by Gasteiger charge is -2.31. The smallest absolute Gasteiger partial charge is 0.249 e. The lowest BCUT2D eigenvalue weighted by atomic mass is 9.75. The van der Waals surface area contributed by atoms with Crippen LogP contribution >= 0.6 is 0 Å². The number of nitrogens with two attached hydrogens (primary N) is 1. The van der Waals surface area contributed by atoms with Crippen LogP contribution in [0.15, 0.2) is 77.5 Å². The maximum absolute atomic E-state index is 11.4. The van der Waals surface area contributed by atoms with Crippen molar-refractivity contribution in [2.75, 3.05) is 12.0 Å². The molecule has 3 aromatic heterocycles. The molecule has 0 aliphatic heterocycles. The molecule has 6 rings (SSSR count). The predicted octanol–water partition coefficient (Wildman–Crippen LogP) is 4.72. The van der Waals surface area contributed by atoms with Gasteiger partial charge in [-0.25, -0.2) is 23.4 Å². The quantitative estimate of drug-likeness (QED) is 0.352. The molecule has 1 aliphatic carbocycles. The van der Waals surface area contributed by atoms with Gasteiger partial charge >= 0.3 is 0 Å². The Hall–Kier alpha value is -4.11. The van der Waals surface area contributed by atoms with Crippen molar-refractivity contribution in [3.63, 3.8) is 0 Å². The van der Waals surface area contributed by atoms with Gasteiger partial charge in [-0.1, -0.05) is 48.5 Å². The number of aromatic nitrogens is 4. The van der Waals surface area contributed by atoms with Crippen LogP contribution in [0.3, 0.4) is 0 Å². The number of imidazole rings is 1. The van der Waals surface area contributed by atoms with Crippen LogP contribution in [0, 0.1) is 5.92 Å². The fraction of sp³-hybridized carbons (Fsp3) is 0.185. The van der Waals surface area contributed by atoms with Gasteiger partial charge in [-0.15, -0.1) is 0 Å². The van der Waals surface area contributed by atoms with E-state index in [0.717, 1.165) is 63.9 Å². The van der Waals surface area contributed by atoms with Crippen LogP contribution in [0.1, 0.15) is 24.6 Å². The van der Waals surface area contributed by atoms with Crippen molar-refractivity contribution in [1.29, 1.82) is 0 Å². The Morgan fingerprint density at radius 2 is 1.81 bits per heavy atom. The molecule has 1 aliphatic rings. The lowest BCUT2D eigenvalue weighted by Crippen LogP contribution is -2.25. The molecule has 8 nitrogen and oxygen atoms in total. The Morgan fingerprint density at radius 1 is 1.03 bits per heavy atom. The Morgan fingerprint density at radius 3 is 2.58 bits per heavy atom. The molecule has 1 fully saturated rings. The first-order valence-electron chi connectivity index (χ1n) is 11.7. The molecular weight excluding hydrogens is 472 g/mol. The molecule has 9 heteroatoms. The van der Waals surface area contributed by atoms with Gasteiger partial charge in [0.05, 0.1) is 17.5 Å². The summed E-state index contributed by atoms with van der Waals surface area (Å²) >= 11 is 0. The summed E-state index contributed by atoms with van der Waals surface area (Å²) in [6.45, 7) is 0. The summed E-state index contributed by atoms with van der Waals surface area (Å²) in [5.74, 6) is 1.59. The van der Waals surface area contributed by atoms with Crippen molar-refractivity contribution >= 4 is 38.5 Å². The molecule has 0 unspecified atom stereocenters. The summed E-state index contributed by atoms with van der Waals surface area (Å²) in [4.78, 5) is 14.2. The van der Waals surface area contributed by atoms with E-state index in [1.54, 1.807) is 6.20 Å². The number of benzene rings is 2. The van der Waals surface area contributed by atoms with Gasteiger partial charge in [0.25, 0.3) is 0 Å². The number of nitrogens with zero attached hydrogens (tertiary/aromatic N) is 5. The van der Waals surface area contributed by atoms with Crippen molar-refractivity contribution in [2.24, 2.45) is 10.3 Å². The van der Waals surface area contributed by atoms with Gasteiger partial charge in [0.1, 0.15) is 22.9 Å². The molecule has 0 atom stereocenters. The first-order chi connectivity index (χ1) is 17.4. The molecule has 0 bridgehead atoms. The van der Waals surface area contributed by atoms with Gasteiger partial charge in [-0.05, 0) is 30.9 Å². The highest BCUT2D eigenvalue weighted by atomic mass is 32.2. The predicted molar refractivity (Wildman–Crippen MR) is 142 cm³/mol. The van der Waals surface area contributed by atoms with Crippen LogP contribution in [0.4, 0.5) is 5.82 Å². The van der Waals surface area contributed by atoms with E-state index in [1.165, 1.54) is 6.21 Å². The number of rotatable bonds is 5. The maximum atomic E-state index is 11.4. The van der Waals surface area contributed by atoms with Gasteiger partial charge in [-0.3, -0.25) is 4.40 Å². The third kappa shape index (κ3) is 4.11. The molecule has 3 heterocycles. The van der Waals surface area contributed by atoms with Crippen LogP contribution in [0.5, 0.6) is 0 Å². The van der Waals surface area contributed by atoms with Crippen molar-refractivity contribution in [3.8, 4) is 22.5 Å². The zero-order valence-corrected chi connectivity index (χ0v) is 20.4. The molecule has 0 amide bonds. The third-order valence-corrected chi connectivity index (χ3v) is 7.15. The Bertz CT molecular complexity index is 1740. The highest BCUT2D eigenvalue weighted by molar-refractivity contribution is 7.89. The SMILES string of the molecule is CS(=O)(=O)/N=C\C1CC(c2nc(-c3ccc4ccc(-c5ccccc5)nc4c3)c3c(N)nccn23)C1. The summed E-state index contributed by atoms with van der Waals surface area (Å²) in [7, 11) is -3.37. The molecule has 0 saturated heterocycles. The summed E-state index contributed by atoms with van der Waals surface area (Å²) in [5.41, 5.74) is 11.6. The van der Waals surface area contributed by atoms with Crippen LogP contribution in [-0.4, -0.2) is 40.2 Å². The highest BCUT2D eigenvalue weighted by Crippen LogP contribution is 2.42. The first kappa shape index (κ1) is 22.4. The lowest BCUT2D eigenvalue weighted by molar-refractivity contribution is 0.336. The van der Waals surface area contributed by atoms with Crippen molar-refractivity contribution < 1.29 is 8.42 Å². The Balaban J connectivity index is 1.40. The van der Waals surface area contributed by atoms with Crippen molar-refractivity contribution in [2.45, 2.75) is 18.8 Å². The molecule has 180 valence electrons. The summed E-state index contributed by atoms with van der Waals surface area (Å²) in [5, 5.41) is 1.04. The van der Waals surface area contributed by atoms with Crippen LogP contribution in [0.2, 0.25) is 0 Å². The average molecular weight is 497 g/mol. The second-order valence-corrected chi connectivity index (χ2v) is 10.9. The number of hydrogen-bond acceptors (Lipinski definition) is 6. The minimum absolute atomic E-state index is 0.112. The highest BCUT2D eigenvalue weighted by Gasteiger charge is 2.33. The van der Waals surface area contributed by atoms with Gasteiger partial charge in [0, 0.05) is 41.0 Å². The monoisotopic (exact) mass is 496 g/mol. The van der Waals surface area contributed by atoms with E-state index < -0.39 is 10.0 Å². The Kier molecular flexibility index (Phi) is 5.30. The molecule has 1 saturated carbocycles. The van der Waals surface area contributed by atoms with E-state index >= 15 is 0 Å². The number of pyridine rings is 1. The molecular formula is C27H24N6O2S. The zero-order valence-electron chi connectivity index (χ0n) is 19.6. The Labute approximate surface area is 208 Å². The van der Waals surface area contributed by atoms with E-state index in [9.17, 15) is 8.42 Å². The number of anilines is 1. The molecule has 0 radical (unpaired) electrons. The largest absolute Gasteiger partial charge is 0.382 e. The van der Waals surface area contributed by atoms with E-state index in [-0.39, 0.29) is 11.8 Å². The van der Waals surface area contributed by atoms with Crippen molar-refractivity contribution in [1.82, 2.24) is 19.4 Å². The van der Waals surface area contributed by atoms with Gasteiger partial charge in [-0.2, -0.15) is 4.40 Å². The fourth-order valence-electron chi connectivity index (χ4n) is 4.80. The summed E-state index contributed by atoms with van der Waals surface area (Å²) in [6, 6.07) is 20.3. The van der Waals surface area contributed by atoms with E-state index in [1.807, 2.05) is 65.2 Å². The van der Waals surface area contributed by atoms with E-state index in [4.69, 9.17) is 15.7 Å². The molecule has 5 aromatic rings. The first-order valence-corrected chi connectivity index (χ1v) is 13.5. The number of fused-ring (bicyclic) bond motifs is 2. The van der Waals surface area contributed by atoms with Gasteiger partial charge < -0.3 is 5.73 Å². The zero-order chi connectivity index (χ0) is 24.9. The molecule has 2 N–H and O–H groups in total. The number of nitrogen functional groups attached to an aromatic ring is 1. The fourth-order valence-corrected chi connectivity index (χ4v) is 5.19. The third-order valence-electron chi connectivity index (χ3n) is 6.65. The van der Waals surface area contributed by atoms with Crippen LogP contribution < -0.4 is 5.73 Å². The molecule has 0 spiro atoms. The second-order valence-electron chi connectivity index (χ2n) is 9.24. The minimum atomic E-state index is -3.37. The second kappa shape index (κ2) is 8.53. The summed E-state index contributed by atoms with van der Waals surface area (Å²) < 4.78 is 28.4. The van der Waals surface area contributed by atoms with Crippen LogP contribution in [-0.2, 0) is 10.0 Å². The standard InChI is InChI=1S/C27H24N6O2S/c1-36(34,35)30-16-17-13-21(14-17)27-32-24(25-26(28)29-11-12-33(25)27)20-8-7-19-9-10-22(31-23(19)15-20)18-5-3-2-4-6-18/h2-12,15-17,21H,13-14H2,1H3,(H2,28,29)/b30-16-. The van der Waals surface area contributed by atoms with E-state index in [2.05, 4.69) is 15.4 Å².